The Labute approximate surface area is 159 Å². The molecule has 0 atom stereocenters. The minimum atomic E-state index is -0.573. The maximum Gasteiger partial charge on any atom is 0.279 e. The quantitative estimate of drug-likeness (QED) is 0.297. The van der Waals surface area contributed by atoms with Gasteiger partial charge in [0.15, 0.2) is 23.6 Å². The predicted octanol–water partition coefficient (Wildman–Crippen LogP) is 2.03. The molecule has 0 aliphatic rings. The van der Waals surface area contributed by atoms with E-state index in [0.29, 0.717) is 17.3 Å². The topological polar surface area (TPSA) is 172 Å². The van der Waals surface area contributed by atoms with E-state index >= 15 is 0 Å². The van der Waals surface area contributed by atoms with Gasteiger partial charge in [-0.25, -0.2) is 9.97 Å². The number of carbonyl (C=O) groups excluding carboxylic acids is 2. The summed E-state index contributed by atoms with van der Waals surface area (Å²) in [5.74, 6) is -0.252. The summed E-state index contributed by atoms with van der Waals surface area (Å²) in [7, 11) is 0. The number of benzene rings is 1. The van der Waals surface area contributed by atoms with Crippen LogP contribution in [0.15, 0.2) is 51.8 Å². The molecule has 1 aromatic carbocycles. The van der Waals surface area contributed by atoms with Crippen LogP contribution in [0.3, 0.4) is 0 Å². The number of Topliss-reactive ketones (excluding diaryl/α,β-unsaturated/α-hetero) is 1. The molecular weight excluding hydrogens is 364 g/mol. The molecule has 0 unspecified atom stereocenters. The van der Waals surface area contributed by atoms with Gasteiger partial charge in [-0.2, -0.15) is 0 Å². The first-order valence-corrected chi connectivity index (χ1v) is 8.01. The molecule has 2 heterocycles. The summed E-state index contributed by atoms with van der Waals surface area (Å²) in [6.45, 7) is 1.66. The van der Waals surface area contributed by atoms with Gasteiger partial charge in [0.2, 0.25) is 5.89 Å². The Morgan fingerprint density at radius 2 is 1.96 bits per heavy atom. The lowest BCUT2D eigenvalue weighted by Crippen LogP contribution is -2.31. The van der Waals surface area contributed by atoms with Crippen molar-refractivity contribution in [3.8, 4) is 11.3 Å². The van der Waals surface area contributed by atoms with E-state index in [1.54, 1.807) is 12.1 Å². The van der Waals surface area contributed by atoms with Gasteiger partial charge in [-0.15, -0.1) is 0 Å². The van der Waals surface area contributed by atoms with Crippen molar-refractivity contribution >= 4 is 23.7 Å². The fraction of sp³-hybridized carbons (Fsp3) is 0.111. The maximum absolute atomic E-state index is 11.8. The van der Waals surface area contributed by atoms with Crippen LogP contribution < -0.4 is 11.1 Å². The number of nitrogens with one attached hydrogen (secondary N) is 3. The minimum absolute atomic E-state index is 0.0906. The molecule has 0 saturated carbocycles. The van der Waals surface area contributed by atoms with E-state index in [1.807, 2.05) is 18.2 Å². The predicted molar refractivity (Wildman–Crippen MR) is 100 cm³/mol. The first-order valence-electron chi connectivity index (χ1n) is 8.01. The van der Waals surface area contributed by atoms with E-state index in [0.717, 1.165) is 11.8 Å². The molecule has 10 nitrogen and oxygen atoms in total. The number of amides is 1. The van der Waals surface area contributed by atoms with Crippen molar-refractivity contribution in [3.05, 3.63) is 60.3 Å². The van der Waals surface area contributed by atoms with Gasteiger partial charge in [0.05, 0.1) is 12.8 Å². The van der Waals surface area contributed by atoms with Crippen molar-refractivity contribution in [1.29, 1.82) is 10.8 Å². The SMILES string of the molecule is CC(=O)c1coc(CN)n1.N=CC(=N)NC(=O)c1ncoc1-c1ccccc1. The number of rotatable bonds is 5. The van der Waals surface area contributed by atoms with E-state index in [2.05, 4.69) is 15.3 Å². The lowest BCUT2D eigenvalue weighted by atomic mass is 10.1. The number of carbonyl (C=O) groups is 2. The van der Waals surface area contributed by atoms with E-state index in [4.69, 9.17) is 25.4 Å². The largest absolute Gasteiger partial charge is 0.447 e. The van der Waals surface area contributed by atoms with Crippen molar-refractivity contribution in [3.63, 3.8) is 0 Å². The van der Waals surface area contributed by atoms with Crippen LogP contribution in [0.4, 0.5) is 0 Å². The summed E-state index contributed by atoms with van der Waals surface area (Å²) in [6, 6.07) is 9.07. The molecule has 0 aliphatic heterocycles. The molecule has 0 bridgehead atoms. The Kier molecular flexibility index (Phi) is 7.06. The molecule has 5 N–H and O–H groups in total. The zero-order chi connectivity index (χ0) is 20.5. The lowest BCUT2D eigenvalue weighted by Gasteiger charge is -2.02. The molecule has 1 amide bonds. The third kappa shape index (κ3) is 5.29. The number of nitrogens with two attached hydrogens (primary N) is 1. The monoisotopic (exact) mass is 382 g/mol. The fourth-order valence-electron chi connectivity index (χ4n) is 1.99. The number of hydrogen-bond acceptors (Lipinski definition) is 9. The van der Waals surface area contributed by atoms with Crippen LogP contribution in [0.25, 0.3) is 11.3 Å². The highest BCUT2D eigenvalue weighted by molar-refractivity contribution is 6.31. The van der Waals surface area contributed by atoms with Crippen LogP contribution in [-0.2, 0) is 6.54 Å². The summed E-state index contributed by atoms with van der Waals surface area (Å²) >= 11 is 0. The molecule has 0 spiro atoms. The third-order valence-corrected chi connectivity index (χ3v) is 3.30. The maximum atomic E-state index is 11.8. The normalized spacial score (nSPS) is 9.79. The lowest BCUT2D eigenvalue weighted by molar-refractivity contribution is 0.0971. The standard InChI is InChI=1S/C12H10N4O2.C6H8N2O2/c13-6-9(14)16-12(17)10-11(18-7-15-10)8-4-2-1-3-5-8;1-4(9)5-3-10-6(2-7)8-5/h1-7,13H,(H2,14,16,17);3H,2,7H2,1H3. The third-order valence-electron chi connectivity index (χ3n) is 3.30. The minimum Gasteiger partial charge on any atom is -0.447 e. The Morgan fingerprint density at radius 3 is 2.50 bits per heavy atom. The molecule has 10 heteroatoms. The first-order chi connectivity index (χ1) is 13.5. The van der Waals surface area contributed by atoms with Gasteiger partial charge in [0.25, 0.3) is 5.91 Å². The van der Waals surface area contributed by atoms with Crippen LogP contribution in [-0.4, -0.2) is 33.7 Å². The van der Waals surface area contributed by atoms with Crippen molar-refractivity contribution in [2.24, 2.45) is 5.73 Å². The molecule has 2 aromatic heterocycles. The summed E-state index contributed by atoms with van der Waals surface area (Å²) in [4.78, 5) is 30.0. The molecule has 144 valence electrons. The number of aromatic nitrogens is 2. The molecule has 0 fully saturated rings. The van der Waals surface area contributed by atoms with Gasteiger partial charge in [0, 0.05) is 12.5 Å². The van der Waals surface area contributed by atoms with Crippen molar-refractivity contribution in [2.45, 2.75) is 13.5 Å². The second kappa shape index (κ2) is 9.69. The van der Waals surface area contributed by atoms with Gasteiger partial charge >= 0.3 is 0 Å². The summed E-state index contributed by atoms with van der Waals surface area (Å²) in [6.07, 6.45) is 3.22. The van der Waals surface area contributed by atoms with Crippen LogP contribution in [0, 0.1) is 10.8 Å². The number of oxazole rings is 2. The van der Waals surface area contributed by atoms with E-state index in [-0.39, 0.29) is 23.9 Å². The number of hydrogen-bond donors (Lipinski definition) is 4. The summed E-state index contributed by atoms with van der Waals surface area (Å²) < 4.78 is 10.0. The zero-order valence-corrected chi connectivity index (χ0v) is 14.9. The second-order valence-electron chi connectivity index (χ2n) is 5.30. The molecule has 3 aromatic rings. The number of ketones is 1. The van der Waals surface area contributed by atoms with E-state index < -0.39 is 5.91 Å². The van der Waals surface area contributed by atoms with Gasteiger partial charge in [0.1, 0.15) is 17.8 Å². The highest BCUT2D eigenvalue weighted by Gasteiger charge is 2.18. The smallest absolute Gasteiger partial charge is 0.279 e. The Balaban J connectivity index is 0.000000237. The average Bonchev–Trinajstić information content (AvgIpc) is 3.38. The highest BCUT2D eigenvalue weighted by Crippen LogP contribution is 2.22. The summed E-state index contributed by atoms with van der Waals surface area (Å²) in [5.41, 5.74) is 6.34. The van der Waals surface area contributed by atoms with Crippen LogP contribution in [0.2, 0.25) is 0 Å². The van der Waals surface area contributed by atoms with Crippen molar-refractivity contribution in [1.82, 2.24) is 15.3 Å². The Bertz CT molecular complexity index is 977. The van der Waals surface area contributed by atoms with Gasteiger partial charge in [-0.1, -0.05) is 30.3 Å². The van der Waals surface area contributed by atoms with E-state index in [9.17, 15) is 9.59 Å². The molecule has 3 rings (SSSR count). The number of amidine groups is 1. The number of nitrogens with zero attached hydrogens (tertiary/aromatic N) is 2. The molecule has 28 heavy (non-hydrogen) atoms. The van der Waals surface area contributed by atoms with Crippen molar-refractivity contribution < 1.29 is 18.4 Å². The molecule has 0 aliphatic carbocycles. The highest BCUT2D eigenvalue weighted by atomic mass is 16.3. The van der Waals surface area contributed by atoms with E-state index in [1.165, 1.54) is 19.6 Å². The average molecular weight is 382 g/mol. The van der Waals surface area contributed by atoms with Gasteiger partial charge in [-0.3, -0.25) is 15.0 Å². The molecule has 0 saturated heterocycles. The fourth-order valence-corrected chi connectivity index (χ4v) is 1.99. The van der Waals surface area contributed by atoms with Crippen molar-refractivity contribution in [2.75, 3.05) is 0 Å². The Morgan fingerprint density at radius 1 is 1.25 bits per heavy atom. The van der Waals surface area contributed by atoms with Gasteiger partial charge in [-0.05, 0) is 0 Å². The second-order valence-corrected chi connectivity index (χ2v) is 5.30. The van der Waals surface area contributed by atoms with Crippen LogP contribution >= 0.6 is 0 Å². The molecule has 0 radical (unpaired) electrons. The van der Waals surface area contributed by atoms with Crippen LogP contribution in [0.5, 0.6) is 0 Å². The molecular formula is C18H18N6O4. The zero-order valence-electron chi connectivity index (χ0n) is 14.9. The Hall–Kier alpha value is -3.92. The van der Waals surface area contributed by atoms with Crippen LogP contribution in [0.1, 0.15) is 33.8 Å². The first kappa shape index (κ1) is 20.4. The summed E-state index contributed by atoms with van der Waals surface area (Å²) in [5, 5.41) is 16.3. The van der Waals surface area contributed by atoms with Gasteiger partial charge < -0.3 is 25.3 Å².